The second-order valence-electron chi connectivity index (χ2n) is 12.4. The Labute approximate surface area is 292 Å². The Hall–Kier alpha value is -6.43. The van der Waals surface area contributed by atoms with Gasteiger partial charge in [-0.3, -0.25) is 4.98 Å². The van der Waals surface area contributed by atoms with Crippen LogP contribution in [0.4, 0.5) is 0 Å². The molecule has 4 aromatic heterocycles. The highest BCUT2D eigenvalue weighted by Crippen LogP contribution is 2.44. The molecule has 10 rings (SSSR count). The molecule has 0 fully saturated rings. The van der Waals surface area contributed by atoms with E-state index in [1.807, 2.05) is 78.2 Å². The van der Waals surface area contributed by atoms with Gasteiger partial charge in [0.1, 0.15) is 11.2 Å². The zero-order valence-electron chi connectivity index (χ0n) is 26.7. The Morgan fingerprint density at radius 3 is 2.00 bits per heavy atom. The zero-order valence-corrected chi connectivity index (χ0v) is 27.6. The first-order valence-corrected chi connectivity index (χ1v) is 17.4. The van der Waals surface area contributed by atoms with Gasteiger partial charge in [-0.2, -0.15) is 0 Å². The fourth-order valence-electron chi connectivity index (χ4n) is 7.05. The summed E-state index contributed by atoms with van der Waals surface area (Å²) in [4.78, 5) is 15.2. The topological polar surface area (TPSA) is 51.8 Å². The van der Waals surface area contributed by atoms with Gasteiger partial charge < -0.3 is 4.42 Å². The number of pyridine rings is 1. The molecule has 6 aromatic carbocycles. The Morgan fingerprint density at radius 1 is 0.440 bits per heavy atom. The van der Waals surface area contributed by atoms with Crippen LogP contribution < -0.4 is 0 Å². The lowest BCUT2D eigenvalue weighted by Gasteiger charge is -2.13. The summed E-state index contributed by atoms with van der Waals surface area (Å²) in [6.07, 6.45) is 1.82. The predicted molar refractivity (Wildman–Crippen MR) is 207 cm³/mol. The minimum Gasteiger partial charge on any atom is -0.455 e. The molecule has 234 valence electrons. The number of aromatic nitrogens is 3. The van der Waals surface area contributed by atoms with Crippen molar-refractivity contribution >= 4 is 53.4 Å². The molecule has 0 atom stereocenters. The quantitative estimate of drug-likeness (QED) is 0.185. The van der Waals surface area contributed by atoms with Gasteiger partial charge in [0, 0.05) is 53.8 Å². The maximum atomic E-state index is 6.74. The summed E-state index contributed by atoms with van der Waals surface area (Å²) < 4.78 is 9.32. The largest absolute Gasteiger partial charge is 0.455 e. The van der Waals surface area contributed by atoms with Gasteiger partial charge in [-0.05, 0) is 59.7 Å². The molecule has 0 spiro atoms. The lowest BCUT2D eigenvalue weighted by Crippen LogP contribution is -1.98. The molecule has 4 nitrogen and oxygen atoms in total. The Kier molecular flexibility index (Phi) is 6.64. The minimum atomic E-state index is 0.604. The van der Waals surface area contributed by atoms with Crippen molar-refractivity contribution in [1.29, 1.82) is 0 Å². The lowest BCUT2D eigenvalue weighted by atomic mass is 9.95. The highest BCUT2D eigenvalue weighted by atomic mass is 32.1. The molecule has 0 saturated carbocycles. The molecule has 0 aliphatic heterocycles. The van der Waals surface area contributed by atoms with Gasteiger partial charge in [0.05, 0.1) is 22.6 Å². The molecular weight excluding hydrogens is 631 g/mol. The van der Waals surface area contributed by atoms with Crippen molar-refractivity contribution < 1.29 is 4.42 Å². The van der Waals surface area contributed by atoms with E-state index < -0.39 is 0 Å². The fraction of sp³-hybridized carbons (Fsp3) is 0. The lowest BCUT2D eigenvalue weighted by molar-refractivity contribution is 0.669. The third-order valence-electron chi connectivity index (χ3n) is 9.39. The maximum Gasteiger partial charge on any atom is 0.164 e. The normalized spacial score (nSPS) is 11.6. The molecule has 0 radical (unpaired) electrons. The Balaban J connectivity index is 1.23. The first kappa shape index (κ1) is 28.6. The van der Waals surface area contributed by atoms with Crippen molar-refractivity contribution in [3.63, 3.8) is 0 Å². The van der Waals surface area contributed by atoms with Crippen molar-refractivity contribution in [2.45, 2.75) is 0 Å². The van der Waals surface area contributed by atoms with E-state index in [-0.39, 0.29) is 0 Å². The average molecular weight is 658 g/mol. The van der Waals surface area contributed by atoms with Crippen LogP contribution in [0.5, 0.6) is 0 Å². The third-order valence-corrected chi connectivity index (χ3v) is 10.5. The van der Waals surface area contributed by atoms with Crippen molar-refractivity contribution in [3.8, 4) is 56.3 Å². The van der Waals surface area contributed by atoms with E-state index in [2.05, 4.69) is 102 Å². The number of thiophene rings is 1. The summed E-state index contributed by atoms with van der Waals surface area (Å²) in [6, 6.07) is 54.7. The standard InChI is InChI=1S/C45H27N3OS/c1-2-12-28(13-3-1)38-27-39(32-15-5-4-14-31(32)37-18-10-11-25-46-37)48-45(47-38)35-23-22-30(43-34-17-6-8-19-40(34)49-44(35)43)29-21-24-42-36(26-29)33-16-7-9-20-41(33)50-42/h1-27H. The van der Waals surface area contributed by atoms with Crippen molar-refractivity contribution in [3.05, 3.63) is 164 Å². The van der Waals surface area contributed by atoms with E-state index in [1.54, 1.807) is 0 Å². The van der Waals surface area contributed by atoms with Crippen LogP contribution in [0.3, 0.4) is 0 Å². The zero-order chi connectivity index (χ0) is 33.0. The summed E-state index contributed by atoms with van der Waals surface area (Å²) in [5.74, 6) is 0.604. The molecule has 4 heterocycles. The van der Waals surface area contributed by atoms with Crippen LogP contribution in [0, 0.1) is 0 Å². The van der Waals surface area contributed by atoms with E-state index >= 15 is 0 Å². The van der Waals surface area contributed by atoms with Gasteiger partial charge >= 0.3 is 0 Å². The highest BCUT2D eigenvalue weighted by Gasteiger charge is 2.21. The highest BCUT2D eigenvalue weighted by molar-refractivity contribution is 7.25. The number of hydrogen-bond acceptors (Lipinski definition) is 5. The fourth-order valence-corrected chi connectivity index (χ4v) is 8.14. The number of para-hydroxylation sites is 1. The van der Waals surface area contributed by atoms with Gasteiger partial charge in [-0.1, -0.05) is 109 Å². The van der Waals surface area contributed by atoms with E-state index in [0.29, 0.717) is 5.82 Å². The summed E-state index contributed by atoms with van der Waals surface area (Å²) in [6.45, 7) is 0. The molecule has 5 heteroatoms. The number of nitrogens with zero attached hydrogens (tertiary/aromatic N) is 3. The number of fused-ring (bicyclic) bond motifs is 6. The number of hydrogen-bond donors (Lipinski definition) is 0. The summed E-state index contributed by atoms with van der Waals surface area (Å²) in [7, 11) is 0. The molecule has 0 N–H and O–H groups in total. The van der Waals surface area contributed by atoms with Crippen LogP contribution in [0.2, 0.25) is 0 Å². The molecule has 0 aliphatic rings. The maximum absolute atomic E-state index is 6.74. The van der Waals surface area contributed by atoms with E-state index in [1.165, 1.54) is 20.2 Å². The molecule has 0 amide bonds. The van der Waals surface area contributed by atoms with Crippen LogP contribution in [0.15, 0.2) is 168 Å². The van der Waals surface area contributed by atoms with Crippen LogP contribution in [-0.2, 0) is 0 Å². The molecule has 0 bridgehead atoms. The first-order chi connectivity index (χ1) is 24.8. The van der Waals surface area contributed by atoms with Gasteiger partial charge in [0.25, 0.3) is 0 Å². The second kappa shape index (κ2) is 11.6. The number of benzene rings is 6. The van der Waals surface area contributed by atoms with Crippen LogP contribution in [0.25, 0.3) is 98.4 Å². The summed E-state index contributed by atoms with van der Waals surface area (Å²) >= 11 is 1.83. The van der Waals surface area contributed by atoms with Crippen LogP contribution >= 0.6 is 11.3 Å². The summed E-state index contributed by atoms with van der Waals surface area (Å²) in [5, 5.41) is 4.67. The van der Waals surface area contributed by atoms with Crippen molar-refractivity contribution in [2.75, 3.05) is 0 Å². The number of furan rings is 1. The molecule has 0 aliphatic carbocycles. The monoisotopic (exact) mass is 657 g/mol. The van der Waals surface area contributed by atoms with Gasteiger partial charge in [-0.15, -0.1) is 11.3 Å². The second-order valence-corrected chi connectivity index (χ2v) is 13.4. The number of rotatable bonds is 5. The summed E-state index contributed by atoms with van der Waals surface area (Å²) in [5.41, 5.74) is 10.3. The molecule has 10 aromatic rings. The van der Waals surface area contributed by atoms with Crippen molar-refractivity contribution in [2.24, 2.45) is 0 Å². The molecule has 0 saturated heterocycles. The molecule has 50 heavy (non-hydrogen) atoms. The van der Waals surface area contributed by atoms with Gasteiger partial charge in [0.15, 0.2) is 5.82 Å². The molecular formula is C45H27N3OS. The van der Waals surface area contributed by atoms with Crippen LogP contribution in [-0.4, -0.2) is 15.0 Å². The Bertz CT molecular complexity index is 2870. The Morgan fingerprint density at radius 2 is 1.14 bits per heavy atom. The van der Waals surface area contributed by atoms with Crippen LogP contribution in [0.1, 0.15) is 0 Å². The smallest absolute Gasteiger partial charge is 0.164 e. The van der Waals surface area contributed by atoms with E-state index in [0.717, 1.165) is 72.4 Å². The van der Waals surface area contributed by atoms with Gasteiger partial charge in [0.2, 0.25) is 0 Å². The van der Waals surface area contributed by atoms with Gasteiger partial charge in [-0.25, -0.2) is 9.97 Å². The van der Waals surface area contributed by atoms with E-state index in [9.17, 15) is 0 Å². The van der Waals surface area contributed by atoms with E-state index in [4.69, 9.17) is 14.4 Å². The van der Waals surface area contributed by atoms with Crippen molar-refractivity contribution in [1.82, 2.24) is 15.0 Å². The minimum absolute atomic E-state index is 0.604. The predicted octanol–water partition coefficient (Wildman–Crippen LogP) is 12.5. The third kappa shape index (κ3) is 4.71. The molecule has 0 unspecified atom stereocenters. The SMILES string of the molecule is c1ccc(-c2cc(-c3ccccc3-c3ccccn3)nc(-c3ccc(-c4ccc5sc6ccccc6c5c4)c4c3oc3ccccc34)n2)cc1. The average Bonchev–Trinajstić information content (AvgIpc) is 3.77. The first-order valence-electron chi connectivity index (χ1n) is 16.6.